The van der Waals surface area contributed by atoms with E-state index in [2.05, 4.69) is 73.3 Å². The van der Waals surface area contributed by atoms with Gasteiger partial charge >= 0.3 is 0 Å². The second-order valence-corrected chi connectivity index (χ2v) is 15.8. The van der Waals surface area contributed by atoms with Crippen molar-refractivity contribution in [1.29, 1.82) is 0 Å². The normalized spacial score (nSPS) is 13.8. The number of fused-ring (bicyclic) bond motifs is 4. The number of hydrogen-bond acceptors (Lipinski definition) is 2. The van der Waals surface area contributed by atoms with Crippen LogP contribution in [0.1, 0.15) is 33.1 Å². The predicted octanol–water partition coefficient (Wildman–Crippen LogP) is 14.2. The molecule has 3 heterocycles. The molecule has 302 valence electrons. The lowest BCUT2D eigenvalue weighted by Crippen LogP contribution is -2.31. The Morgan fingerprint density at radius 2 is 1.30 bits per heavy atom. The zero-order valence-electron chi connectivity index (χ0n) is 44.4. The average Bonchev–Trinajstić information content (AvgIpc) is 3.94. The van der Waals surface area contributed by atoms with Crippen molar-refractivity contribution in [3.63, 3.8) is 0 Å². The number of imidazole rings is 1. The Kier molecular flexibility index (Phi) is 7.29. The van der Waals surface area contributed by atoms with Crippen molar-refractivity contribution in [2.24, 2.45) is 5.92 Å². The summed E-state index contributed by atoms with van der Waals surface area (Å²) in [5.41, 5.74) is 7.43. The van der Waals surface area contributed by atoms with Gasteiger partial charge in [-0.25, -0.2) is 4.98 Å². The smallest absolute Gasteiger partial charge is 0.269 e. The van der Waals surface area contributed by atoms with Crippen LogP contribution in [-0.4, -0.2) is 14.1 Å². The van der Waals surface area contributed by atoms with Crippen LogP contribution in [-0.2, 0) is 6.42 Å². The predicted molar refractivity (Wildman–Crippen MR) is 257 cm³/mol. The van der Waals surface area contributed by atoms with Crippen LogP contribution in [0.25, 0.3) is 83.4 Å². The number of nitrogens with zero attached hydrogens (tertiary/aromatic N) is 4. The molecule has 11 rings (SSSR count). The Morgan fingerprint density at radius 1 is 0.587 bits per heavy atom. The van der Waals surface area contributed by atoms with E-state index in [-0.39, 0.29) is 27.9 Å². The molecule has 0 N–H and O–H groups in total. The molecule has 11 aromatic rings. The first-order chi connectivity index (χ1) is 35.2. The van der Waals surface area contributed by atoms with Crippen LogP contribution in [0.4, 0.5) is 0 Å². The maximum absolute atomic E-state index is 9.03. The Balaban J connectivity index is 1.07. The molecule has 0 aliphatic carbocycles. The summed E-state index contributed by atoms with van der Waals surface area (Å²) in [6.07, 6.45) is 6.23. The van der Waals surface area contributed by atoms with E-state index in [1.54, 1.807) is 27.3 Å². The standard InChI is InChI=1S/C58H44N4O/c1-40(2)34-41-32-33-59-57(35-41)62-53-31-28-45(42-16-6-3-7-17-42)36-52(53)51-30-29-48(38-56(51)62)63-47-23-14-22-46(37-47)60-39-61(55-27-13-12-26-54(55)60)58-49(43-18-8-4-9-19-43)24-15-25-50(58)44-20-10-5-11-21-44/h3-33,35-38,40H,34H2,1-2H3/i4D,5D,8D,9D,10D,11D,18D,19D,20D,21D. The van der Waals surface area contributed by atoms with Gasteiger partial charge in [0, 0.05) is 23.0 Å². The van der Waals surface area contributed by atoms with Crippen LogP contribution in [0.15, 0.2) is 212 Å². The Labute approximate surface area is 381 Å². The van der Waals surface area contributed by atoms with E-state index in [0.717, 1.165) is 45.2 Å². The Bertz CT molecular complexity index is 3890. The van der Waals surface area contributed by atoms with Crippen molar-refractivity contribution in [3.8, 4) is 62.1 Å². The highest BCUT2D eigenvalue weighted by molar-refractivity contribution is 6.10. The summed E-state index contributed by atoms with van der Waals surface area (Å²) in [7, 11) is 0. The minimum Gasteiger partial charge on any atom is -0.458 e. The highest BCUT2D eigenvalue weighted by Crippen LogP contribution is 2.38. The SMILES string of the molecule is [2H]c1c([2H])c([2H])c(-c2cccc(-c3c([2H])c([2H])c([2H])c([2H])c3[2H])c2-[n+]2[c-]n(-c3cccc(Oc4ccc5c6cc(-c7ccccc7)ccc6n(-c6cc(CC(C)C)ccn6)c5c4)c3)c3ccccc32)c([2H])c1[2H]. The van der Waals surface area contributed by atoms with Gasteiger partial charge in [-0.1, -0.05) is 159 Å². The minimum absolute atomic E-state index is 0.130. The molecule has 0 spiro atoms. The fraction of sp³-hybridized carbons (Fsp3) is 0.0690. The summed E-state index contributed by atoms with van der Waals surface area (Å²) in [4.78, 5) is 4.89. The number of benzene rings is 8. The third-order valence-electron chi connectivity index (χ3n) is 11.2. The zero-order valence-corrected chi connectivity index (χ0v) is 34.4. The van der Waals surface area contributed by atoms with Crippen molar-refractivity contribution in [2.45, 2.75) is 20.3 Å². The molecule has 0 saturated heterocycles. The number of para-hydroxylation sites is 3. The summed E-state index contributed by atoms with van der Waals surface area (Å²) in [5, 5.41) is 2.11. The molecule has 0 aliphatic rings. The molecule has 0 unspecified atom stereocenters. The highest BCUT2D eigenvalue weighted by Gasteiger charge is 2.21. The molecule has 0 fully saturated rings. The third-order valence-corrected chi connectivity index (χ3v) is 11.2. The van der Waals surface area contributed by atoms with Crippen LogP contribution in [0.3, 0.4) is 0 Å². The monoisotopic (exact) mass is 822 g/mol. The first-order valence-corrected chi connectivity index (χ1v) is 20.8. The van der Waals surface area contributed by atoms with E-state index in [9.17, 15) is 0 Å². The van der Waals surface area contributed by atoms with Crippen LogP contribution in [0.2, 0.25) is 0 Å². The summed E-state index contributed by atoms with van der Waals surface area (Å²) < 4.78 is 99.5. The molecule has 5 nitrogen and oxygen atoms in total. The molecule has 0 saturated carbocycles. The van der Waals surface area contributed by atoms with Gasteiger partial charge in [0.15, 0.2) is 0 Å². The quantitative estimate of drug-likeness (QED) is 0.102. The third kappa shape index (κ3) is 7.13. The molecular weight excluding hydrogens is 769 g/mol. The number of ether oxygens (including phenoxy) is 1. The second-order valence-electron chi connectivity index (χ2n) is 15.8. The van der Waals surface area contributed by atoms with Crippen LogP contribution in [0, 0.1) is 12.2 Å². The highest BCUT2D eigenvalue weighted by atomic mass is 16.5. The number of aromatic nitrogens is 4. The lowest BCUT2D eigenvalue weighted by molar-refractivity contribution is -0.571. The average molecular weight is 823 g/mol. The van der Waals surface area contributed by atoms with Gasteiger partial charge in [0.2, 0.25) is 0 Å². The number of pyridine rings is 1. The summed E-state index contributed by atoms with van der Waals surface area (Å²) in [6.45, 7) is 4.41. The Morgan fingerprint density at radius 3 is 2.06 bits per heavy atom. The second kappa shape index (κ2) is 16.1. The van der Waals surface area contributed by atoms with Gasteiger partial charge in [-0.2, -0.15) is 0 Å². The summed E-state index contributed by atoms with van der Waals surface area (Å²) >= 11 is 0. The van der Waals surface area contributed by atoms with E-state index >= 15 is 0 Å². The maximum Gasteiger partial charge on any atom is 0.269 e. The van der Waals surface area contributed by atoms with E-state index in [1.807, 2.05) is 85.1 Å². The maximum atomic E-state index is 9.03. The van der Waals surface area contributed by atoms with E-state index < -0.39 is 60.4 Å². The molecule has 0 radical (unpaired) electrons. The van der Waals surface area contributed by atoms with E-state index in [1.165, 1.54) is 5.56 Å². The lowest BCUT2D eigenvalue weighted by Gasteiger charge is -2.17. The molecule has 0 aliphatic heterocycles. The first-order valence-electron chi connectivity index (χ1n) is 25.8. The van der Waals surface area contributed by atoms with Crippen LogP contribution < -0.4 is 9.30 Å². The molecule has 0 atom stereocenters. The van der Waals surface area contributed by atoms with Crippen molar-refractivity contribution < 1.29 is 23.0 Å². The summed E-state index contributed by atoms with van der Waals surface area (Å²) in [6, 6.07) is 41.6. The number of rotatable bonds is 10. The van der Waals surface area contributed by atoms with Gasteiger partial charge in [0.1, 0.15) is 17.3 Å². The summed E-state index contributed by atoms with van der Waals surface area (Å²) in [5.74, 6) is 2.37. The van der Waals surface area contributed by atoms with E-state index in [4.69, 9.17) is 23.4 Å². The molecule has 63 heavy (non-hydrogen) atoms. The number of hydrogen-bond donors (Lipinski definition) is 0. The van der Waals surface area contributed by atoms with Gasteiger partial charge in [0.25, 0.3) is 6.33 Å². The van der Waals surface area contributed by atoms with Gasteiger partial charge < -0.3 is 4.74 Å². The van der Waals surface area contributed by atoms with Crippen molar-refractivity contribution in [3.05, 3.63) is 224 Å². The molecule has 8 aromatic carbocycles. The molecule has 0 bridgehead atoms. The molecule has 5 heteroatoms. The fourth-order valence-corrected chi connectivity index (χ4v) is 8.50. The van der Waals surface area contributed by atoms with Gasteiger partial charge in [-0.15, -0.1) is 0 Å². The largest absolute Gasteiger partial charge is 0.458 e. The molecule has 3 aromatic heterocycles. The van der Waals surface area contributed by atoms with Crippen molar-refractivity contribution in [2.75, 3.05) is 0 Å². The van der Waals surface area contributed by atoms with Crippen molar-refractivity contribution >= 4 is 32.8 Å². The van der Waals surface area contributed by atoms with Gasteiger partial charge in [-0.05, 0) is 106 Å². The Hall–Kier alpha value is -8.02. The first kappa shape index (κ1) is 28.5. The van der Waals surface area contributed by atoms with Crippen LogP contribution >= 0.6 is 0 Å². The molecule has 0 amide bonds. The van der Waals surface area contributed by atoms with Gasteiger partial charge in [0.05, 0.1) is 47.1 Å². The zero-order chi connectivity index (χ0) is 51.0. The lowest BCUT2D eigenvalue weighted by atomic mass is 9.95. The van der Waals surface area contributed by atoms with Crippen LogP contribution in [0.5, 0.6) is 11.5 Å². The minimum atomic E-state index is -0.566. The van der Waals surface area contributed by atoms with E-state index in [0.29, 0.717) is 34.1 Å². The van der Waals surface area contributed by atoms with Crippen molar-refractivity contribution in [1.82, 2.24) is 14.1 Å². The fourth-order valence-electron chi connectivity index (χ4n) is 8.50. The molecular formula is C58H44N4O. The topological polar surface area (TPSA) is 35.9 Å². The van der Waals surface area contributed by atoms with Gasteiger partial charge in [-0.3, -0.25) is 13.7 Å².